The van der Waals surface area contributed by atoms with Crippen LogP contribution in [0.15, 0.2) is 36.5 Å². The Bertz CT molecular complexity index is 1950. The van der Waals surface area contributed by atoms with Crippen LogP contribution in [0.4, 0.5) is 0 Å². The molecule has 1 aliphatic heterocycles. The second-order valence-electron chi connectivity index (χ2n) is 15.4. The molecule has 0 spiro atoms. The summed E-state index contributed by atoms with van der Waals surface area (Å²) >= 11 is 0. The zero-order valence-corrected chi connectivity index (χ0v) is 36.5. The van der Waals surface area contributed by atoms with Crippen molar-refractivity contribution in [3.63, 3.8) is 0 Å². The predicted molar refractivity (Wildman–Crippen MR) is 230 cm³/mol. The molecule has 1 aromatic carbocycles. The molecule has 0 radical (unpaired) electrons. The van der Waals surface area contributed by atoms with Crippen molar-refractivity contribution < 1.29 is 57.8 Å². The number of amides is 11. The van der Waals surface area contributed by atoms with Gasteiger partial charge >= 0.3 is 0 Å². The largest absolute Gasteiger partial charge is 0.508 e. The number of phenolic OH excluding ortho intramolecular Hbond substituents is 1. The first kappa shape index (κ1) is 53.8. The van der Waals surface area contributed by atoms with Crippen LogP contribution in [0.25, 0.3) is 0 Å². The minimum Gasteiger partial charge on any atom is -0.508 e. The standard InChI is InChI=1S/C40H61N13O12/c1-5-20(2)35-39(64)50-24(10-12-29(42)55)37(62)52-27(15-30(43)56)38(63)51-25(40(65)53(4)19-34(60)49-28(16-41)36(61)46-17-31(44)57)11-13-32(58)45-18-33(59)48-26(21(3)47-35)14-22-6-8-23(54)9-7-22/h6-9,20,24-28,35,47,54H,3,5,10-19,41H2,1-2,4H3,(H2,42,55)(H2,43,56)(H2,44,57)(H,45,58)(H,46,61)(H,48,59)(H,49,60)(H,50,64)(H,51,63)(H,52,62)/t20-,24-,25-,26-,27-,28-,35-/m0/s1. The van der Waals surface area contributed by atoms with E-state index in [0.29, 0.717) is 12.0 Å². The van der Waals surface area contributed by atoms with Gasteiger partial charge in [-0.3, -0.25) is 52.7 Å². The number of hydrogen-bond acceptors (Lipinski definition) is 14. The molecule has 1 aromatic rings. The molecule has 1 fully saturated rings. The Morgan fingerprint density at radius 1 is 0.846 bits per heavy atom. The van der Waals surface area contributed by atoms with Gasteiger partial charge in [-0.1, -0.05) is 39.0 Å². The number of carbonyl (C=O) groups excluding carboxylic acids is 11. The number of phenols is 1. The predicted octanol–water partition coefficient (Wildman–Crippen LogP) is -6.05. The van der Waals surface area contributed by atoms with Crippen molar-refractivity contribution in [3.05, 3.63) is 42.1 Å². The van der Waals surface area contributed by atoms with Gasteiger partial charge < -0.3 is 75.5 Å². The van der Waals surface area contributed by atoms with Crippen LogP contribution in [-0.4, -0.2) is 144 Å². The third kappa shape index (κ3) is 18.9. The highest BCUT2D eigenvalue weighted by Crippen LogP contribution is 2.17. The number of likely N-dealkylation sites (N-methyl/N-ethyl adjacent to an activating group) is 1. The third-order valence-electron chi connectivity index (χ3n) is 10.1. The van der Waals surface area contributed by atoms with Gasteiger partial charge in [0.2, 0.25) is 65.0 Å². The molecular weight excluding hydrogens is 855 g/mol. The monoisotopic (exact) mass is 915 g/mol. The van der Waals surface area contributed by atoms with E-state index in [1.54, 1.807) is 26.0 Å². The van der Waals surface area contributed by atoms with Crippen LogP contribution < -0.4 is 65.5 Å². The van der Waals surface area contributed by atoms with E-state index in [9.17, 15) is 57.8 Å². The minimum absolute atomic E-state index is 0.0139. The Hall–Kier alpha value is -7.31. The van der Waals surface area contributed by atoms with Gasteiger partial charge in [-0.2, -0.15) is 0 Å². The fraction of sp³-hybridized carbons (Fsp3) is 0.525. The molecule has 0 bridgehead atoms. The summed E-state index contributed by atoms with van der Waals surface area (Å²) in [6.45, 7) is 5.32. The van der Waals surface area contributed by atoms with Crippen molar-refractivity contribution in [2.45, 2.75) is 95.0 Å². The lowest BCUT2D eigenvalue weighted by Crippen LogP contribution is -2.60. The smallest absolute Gasteiger partial charge is 0.245 e. The van der Waals surface area contributed by atoms with Crippen molar-refractivity contribution in [1.29, 1.82) is 0 Å². The van der Waals surface area contributed by atoms with Gasteiger partial charge in [-0.15, -0.1) is 0 Å². The number of nitrogens with zero attached hydrogens (tertiary/aromatic N) is 1. The molecule has 358 valence electrons. The lowest BCUT2D eigenvalue weighted by atomic mass is 9.95. The van der Waals surface area contributed by atoms with E-state index in [1.165, 1.54) is 12.1 Å². The summed E-state index contributed by atoms with van der Waals surface area (Å²) < 4.78 is 0. The number of primary amides is 3. The summed E-state index contributed by atoms with van der Waals surface area (Å²) in [7, 11) is 1.15. The van der Waals surface area contributed by atoms with Gasteiger partial charge in [0.05, 0.1) is 32.1 Å². The van der Waals surface area contributed by atoms with Crippen LogP contribution in [0.3, 0.4) is 0 Å². The molecule has 25 nitrogen and oxygen atoms in total. The Labute approximate surface area is 374 Å². The van der Waals surface area contributed by atoms with E-state index in [2.05, 4.69) is 49.1 Å². The fourth-order valence-electron chi connectivity index (χ4n) is 6.28. The topological polar surface area (TPSA) is 412 Å². The summed E-state index contributed by atoms with van der Waals surface area (Å²) in [5.41, 5.74) is 22.2. The van der Waals surface area contributed by atoms with Crippen LogP contribution in [-0.2, 0) is 59.2 Å². The number of benzene rings is 1. The Morgan fingerprint density at radius 3 is 2.06 bits per heavy atom. The van der Waals surface area contributed by atoms with Gasteiger partial charge in [0.15, 0.2) is 0 Å². The number of nitrogens with one attached hydrogen (secondary N) is 8. The van der Waals surface area contributed by atoms with Gasteiger partial charge in [0.1, 0.15) is 36.0 Å². The van der Waals surface area contributed by atoms with E-state index in [4.69, 9.17) is 22.9 Å². The lowest BCUT2D eigenvalue weighted by molar-refractivity contribution is -0.140. The van der Waals surface area contributed by atoms with Crippen LogP contribution in [0, 0.1) is 5.92 Å². The normalized spacial score (nSPS) is 21.3. The van der Waals surface area contributed by atoms with E-state index < -0.39 is 159 Å². The summed E-state index contributed by atoms with van der Waals surface area (Å²) in [5.74, 6) is -10.4. The van der Waals surface area contributed by atoms with Gasteiger partial charge in [0, 0.05) is 32.1 Å². The molecule has 1 saturated heterocycles. The number of rotatable bonds is 17. The van der Waals surface area contributed by atoms with Crippen LogP contribution in [0.1, 0.15) is 57.9 Å². The molecule has 65 heavy (non-hydrogen) atoms. The zero-order valence-electron chi connectivity index (χ0n) is 36.5. The minimum atomic E-state index is -1.80. The van der Waals surface area contributed by atoms with Crippen LogP contribution in [0.5, 0.6) is 5.75 Å². The quantitative estimate of drug-likeness (QED) is 0.0692. The van der Waals surface area contributed by atoms with Gasteiger partial charge in [-0.05, 0) is 42.9 Å². The molecule has 0 unspecified atom stereocenters. The van der Waals surface area contributed by atoms with Crippen molar-refractivity contribution in [2.75, 3.05) is 33.2 Å². The highest BCUT2D eigenvalue weighted by atomic mass is 16.3. The average Bonchev–Trinajstić information content (AvgIpc) is 3.24. The second-order valence-corrected chi connectivity index (χ2v) is 15.4. The second kappa shape index (κ2) is 26.3. The average molecular weight is 916 g/mol. The molecular formula is C40H61N13O12. The first-order chi connectivity index (χ1) is 30.5. The molecule has 11 amide bonds. The van der Waals surface area contributed by atoms with Crippen LogP contribution in [0.2, 0.25) is 0 Å². The van der Waals surface area contributed by atoms with Gasteiger partial charge in [0.25, 0.3) is 0 Å². The van der Waals surface area contributed by atoms with E-state index >= 15 is 0 Å². The molecule has 2 rings (SSSR count). The molecule has 1 aliphatic rings. The maximum Gasteiger partial charge on any atom is 0.245 e. The molecule has 0 aromatic heterocycles. The molecule has 1 heterocycles. The fourth-order valence-corrected chi connectivity index (χ4v) is 6.28. The van der Waals surface area contributed by atoms with Crippen molar-refractivity contribution in [1.82, 2.24) is 47.4 Å². The zero-order chi connectivity index (χ0) is 49.0. The lowest BCUT2D eigenvalue weighted by Gasteiger charge is -2.31. The Balaban J connectivity index is 2.58. The Morgan fingerprint density at radius 2 is 1.48 bits per heavy atom. The third-order valence-corrected chi connectivity index (χ3v) is 10.1. The van der Waals surface area contributed by atoms with E-state index in [-0.39, 0.29) is 24.3 Å². The molecule has 17 N–H and O–H groups in total. The highest BCUT2D eigenvalue weighted by molar-refractivity contribution is 5.98. The highest BCUT2D eigenvalue weighted by Gasteiger charge is 2.35. The van der Waals surface area contributed by atoms with Crippen molar-refractivity contribution in [2.24, 2.45) is 28.9 Å². The van der Waals surface area contributed by atoms with Gasteiger partial charge in [-0.25, -0.2) is 0 Å². The summed E-state index contributed by atoms with van der Waals surface area (Å²) in [6.07, 6.45) is -2.08. The molecule has 7 atom stereocenters. The number of hydrogen-bond donors (Lipinski definition) is 13. The van der Waals surface area contributed by atoms with Crippen molar-refractivity contribution >= 4 is 65.0 Å². The molecule has 0 saturated carbocycles. The SMILES string of the molecule is C=C1N[C@@H]([C@@H](C)CC)C(=O)N[C@@H](CCC(N)=O)C(=O)N[C@@H](CC(N)=O)C(=O)N[C@H](C(=O)N(C)CC(=O)N[C@@H](CN)C(=O)NCC(N)=O)CCC(=O)NCC(=O)N[C@H]1Cc1ccc(O)cc1. The molecule has 25 heteroatoms. The summed E-state index contributed by atoms with van der Waals surface area (Å²) in [5, 5.41) is 29.8. The van der Waals surface area contributed by atoms with Crippen molar-refractivity contribution in [3.8, 4) is 5.75 Å². The van der Waals surface area contributed by atoms with E-state index in [1.807, 2.05) is 0 Å². The first-order valence-corrected chi connectivity index (χ1v) is 20.6. The Kier molecular flexibility index (Phi) is 21.8. The molecule has 0 aliphatic carbocycles. The first-order valence-electron chi connectivity index (χ1n) is 20.6. The number of carbonyl (C=O) groups is 11. The van der Waals surface area contributed by atoms with Crippen LogP contribution >= 0.6 is 0 Å². The van der Waals surface area contributed by atoms with E-state index in [0.717, 1.165) is 11.9 Å². The summed E-state index contributed by atoms with van der Waals surface area (Å²) in [4.78, 5) is 143. The maximum absolute atomic E-state index is 14.0. The maximum atomic E-state index is 14.0. The summed E-state index contributed by atoms with van der Waals surface area (Å²) in [6, 6.07) is -2.30. The number of nitrogens with two attached hydrogens (primary N) is 4. The number of aromatic hydroxyl groups is 1.